The van der Waals surface area contributed by atoms with Crippen molar-refractivity contribution in [1.82, 2.24) is 0 Å². The van der Waals surface area contributed by atoms with Crippen LogP contribution in [0, 0.1) is 6.92 Å². The molecule has 0 unspecified atom stereocenters. The molecule has 0 aromatic heterocycles. The molecule has 0 atom stereocenters. The van der Waals surface area contributed by atoms with Gasteiger partial charge in [-0.3, -0.25) is 0 Å². The van der Waals surface area contributed by atoms with Gasteiger partial charge in [-0.05, 0) is 24.6 Å². The molecule has 0 fully saturated rings. The van der Waals surface area contributed by atoms with Gasteiger partial charge in [0.2, 0.25) is 0 Å². The number of aryl methyl sites for hydroxylation is 1. The van der Waals surface area contributed by atoms with Crippen LogP contribution in [0.5, 0.6) is 5.75 Å². The highest BCUT2D eigenvalue weighted by molar-refractivity contribution is 6.30. The SMILES string of the molecule is Cc1ccc(Cl)cc1O[13CH3]. The number of benzene rings is 1. The summed E-state index contributed by atoms with van der Waals surface area (Å²) in [5, 5.41) is 0.711. The molecule has 0 amide bonds. The zero-order chi connectivity index (χ0) is 7.56. The van der Waals surface area contributed by atoms with E-state index in [1.807, 2.05) is 19.1 Å². The normalized spacial score (nSPS) is 9.50. The third kappa shape index (κ3) is 1.42. The molecule has 10 heavy (non-hydrogen) atoms. The monoisotopic (exact) mass is 157 g/mol. The summed E-state index contributed by atoms with van der Waals surface area (Å²) in [6.45, 7) is 1.98. The molecule has 0 heterocycles. The van der Waals surface area contributed by atoms with E-state index < -0.39 is 0 Å². The highest BCUT2D eigenvalue weighted by atomic mass is 35.5. The molecule has 0 aliphatic carbocycles. The van der Waals surface area contributed by atoms with Crippen molar-refractivity contribution >= 4 is 11.6 Å². The van der Waals surface area contributed by atoms with Gasteiger partial charge in [0.05, 0.1) is 7.11 Å². The highest BCUT2D eigenvalue weighted by Crippen LogP contribution is 2.21. The number of halogens is 1. The minimum Gasteiger partial charge on any atom is -0.496 e. The van der Waals surface area contributed by atoms with Crippen LogP contribution in [0.4, 0.5) is 0 Å². The fourth-order valence-electron chi connectivity index (χ4n) is 0.794. The zero-order valence-electron chi connectivity index (χ0n) is 6.02. The Kier molecular flexibility index (Phi) is 2.17. The van der Waals surface area contributed by atoms with Crippen molar-refractivity contribution in [2.24, 2.45) is 0 Å². The molecule has 0 saturated heterocycles. The summed E-state index contributed by atoms with van der Waals surface area (Å²) in [7, 11) is 1.64. The molecule has 0 N–H and O–H groups in total. The van der Waals surface area contributed by atoms with Gasteiger partial charge < -0.3 is 4.74 Å². The maximum atomic E-state index is 5.72. The first-order chi connectivity index (χ1) is 4.74. The molecular formula is C8H9ClO. The number of hydrogen-bond acceptors (Lipinski definition) is 1. The fraction of sp³-hybridized carbons (Fsp3) is 0.250. The van der Waals surface area contributed by atoms with Crippen molar-refractivity contribution in [2.75, 3.05) is 7.11 Å². The van der Waals surface area contributed by atoms with Gasteiger partial charge in [0.15, 0.2) is 0 Å². The fourth-order valence-corrected chi connectivity index (χ4v) is 0.956. The second-order valence-electron chi connectivity index (χ2n) is 2.11. The summed E-state index contributed by atoms with van der Waals surface area (Å²) in [5.74, 6) is 0.840. The van der Waals surface area contributed by atoms with Crippen LogP contribution in [0.1, 0.15) is 5.56 Å². The number of ether oxygens (including phenoxy) is 1. The van der Waals surface area contributed by atoms with E-state index in [4.69, 9.17) is 16.3 Å². The van der Waals surface area contributed by atoms with E-state index in [0.717, 1.165) is 11.3 Å². The Morgan fingerprint density at radius 2 is 2.10 bits per heavy atom. The summed E-state index contributed by atoms with van der Waals surface area (Å²) in [5.41, 5.74) is 1.10. The quantitative estimate of drug-likeness (QED) is 0.570. The molecule has 0 aliphatic rings. The maximum Gasteiger partial charge on any atom is 0.123 e. The van der Waals surface area contributed by atoms with Crippen LogP contribution in [0.2, 0.25) is 5.02 Å². The maximum absolute atomic E-state index is 5.72. The Bertz CT molecular complexity index is 233. The summed E-state index contributed by atoms with van der Waals surface area (Å²) in [6, 6.07) is 5.58. The molecule has 0 spiro atoms. The molecule has 1 aromatic carbocycles. The Morgan fingerprint density at radius 1 is 1.40 bits per heavy atom. The predicted octanol–water partition coefficient (Wildman–Crippen LogP) is 2.66. The van der Waals surface area contributed by atoms with Gasteiger partial charge in [0.25, 0.3) is 0 Å². The molecule has 0 radical (unpaired) electrons. The topological polar surface area (TPSA) is 9.23 Å². The lowest BCUT2D eigenvalue weighted by molar-refractivity contribution is 0.412. The van der Waals surface area contributed by atoms with E-state index in [2.05, 4.69) is 0 Å². The molecule has 1 aromatic rings. The van der Waals surface area contributed by atoms with E-state index >= 15 is 0 Å². The van der Waals surface area contributed by atoms with Crippen molar-refractivity contribution < 1.29 is 4.74 Å². The Hall–Kier alpha value is -0.690. The van der Waals surface area contributed by atoms with Crippen LogP contribution < -0.4 is 4.74 Å². The summed E-state index contributed by atoms with van der Waals surface area (Å²) in [6.07, 6.45) is 0. The largest absolute Gasteiger partial charge is 0.496 e. The van der Waals surface area contributed by atoms with Crippen LogP contribution in [0.15, 0.2) is 18.2 Å². The smallest absolute Gasteiger partial charge is 0.123 e. The number of methoxy groups -OCH3 is 1. The standard InChI is InChI=1S/C8H9ClO/c1-6-3-4-7(9)5-8(6)10-2/h3-5H,1-2H3/i2+1. The third-order valence-corrected chi connectivity index (χ3v) is 1.61. The molecule has 1 nitrogen and oxygen atoms in total. The molecule has 0 saturated carbocycles. The highest BCUT2D eigenvalue weighted by Gasteiger charge is 1.96. The first-order valence-electron chi connectivity index (χ1n) is 3.04. The molecule has 0 aliphatic heterocycles. The average Bonchev–Trinajstić information content (AvgIpc) is 1.94. The minimum absolute atomic E-state index is 0.711. The lowest BCUT2D eigenvalue weighted by Crippen LogP contribution is -1.85. The lowest BCUT2D eigenvalue weighted by Gasteiger charge is -2.02. The van der Waals surface area contributed by atoms with Gasteiger partial charge in [-0.1, -0.05) is 17.7 Å². The van der Waals surface area contributed by atoms with E-state index in [-0.39, 0.29) is 0 Å². The summed E-state index contributed by atoms with van der Waals surface area (Å²) >= 11 is 5.72. The summed E-state index contributed by atoms with van der Waals surface area (Å²) in [4.78, 5) is 0. The Balaban J connectivity index is 3.09. The van der Waals surface area contributed by atoms with E-state index in [1.54, 1.807) is 13.2 Å². The third-order valence-electron chi connectivity index (χ3n) is 1.37. The zero-order valence-corrected chi connectivity index (χ0v) is 6.77. The first-order valence-corrected chi connectivity index (χ1v) is 3.42. The van der Waals surface area contributed by atoms with Gasteiger partial charge in [0, 0.05) is 5.02 Å². The van der Waals surface area contributed by atoms with Crippen LogP contribution in [0.3, 0.4) is 0 Å². The molecular weight excluding hydrogens is 149 g/mol. The van der Waals surface area contributed by atoms with Crippen molar-refractivity contribution in [3.8, 4) is 5.75 Å². The van der Waals surface area contributed by atoms with E-state index in [1.165, 1.54) is 0 Å². The second-order valence-corrected chi connectivity index (χ2v) is 2.55. The van der Waals surface area contributed by atoms with Gasteiger partial charge in [0.1, 0.15) is 5.75 Å². The lowest BCUT2D eigenvalue weighted by atomic mass is 10.2. The Morgan fingerprint density at radius 3 is 2.60 bits per heavy atom. The van der Waals surface area contributed by atoms with Crippen molar-refractivity contribution in [3.63, 3.8) is 0 Å². The van der Waals surface area contributed by atoms with Crippen LogP contribution in [-0.2, 0) is 0 Å². The minimum atomic E-state index is 0.711. The average molecular weight is 158 g/mol. The van der Waals surface area contributed by atoms with Crippen LogP contribution >= 0.6 is 11.6 Å². The van der Waals surface area contributed by atoms with Gasteiger partial charge >= 0.3 is 0 Å². The molecule has 54 valence electrons. The van der Waals surface area contributed by atoms with Crippen LogP contribution in [-0.4, -0.2) is 7.11 Å². The molecule has 2 heteroatoms. The second kappa shape index (κ2) is 2.93. The van der Waals surface area contributed by atoms with Gasteiger partial charge in [-0.2, -0.15) is 0 Å². The molecule has 1 rings (SSSR count). The number of hydrogen-bond donors (Lipinski definition) is 0. The predicted molar refractivity (Wildman–Crippen MR) is 42.7 cm³/mol. The van der Waals surface area contributed by atoms with Crippen molar-refractivity contribution in [2.45, 2.75) is 6.92 Å². The number of rotatable bonds is 1. The Labute approximate surface area is 65.6 Å². The van der Waals surface area contributed by atoms with Gasteiger partial charge in [-0.15, -0.1) is 0 Å². The molecule has 0 bridgehead atoms. The van der Waals surface area contributed by atoms with E-state index in [0.29, 0.717) is 5.02 Å². The first kappa shape index (κ1) is 7.42. The van der Waals surface area contributed by atoms with Gasteiger partial charge in [-0.25, -0.2) is 0 Å². The van der Waals surface area contributed by atoms with Crippen molar-refractivity contribution in [1.29, 1.82) is 0 Å². The van der Waals surface area contributed by atoms with Crippen LogP contribution in [0.25, 0.3) is 0 Å². The summed E-state index contributed by atoms with van der Waals surface area (Å²) < 4.78 is 5.04. The van der Waals surface area contributed by atoms with E-state index in [9.17, 15) is 0 Å². The van der Waals surface area contributed by atoms with Crippen molar-refractivity contribution in [3.05, 3.63) is 28.8 Å².